The van der Waals surface area contributed by atoms with Crippen LogP contribution >= 0.6 is 11.6 Å². The van der Waals surface area contributed by atoms with Crippen molar-refractivity contribution in [2.24, 2.45) is 0 Å². The molecule has 1 aromatic carbocycles. The number of benzene rings is 1. The number of fused-ring (bicyclic) bond motifs is 1. The summed E-state index contributed by atoms with van der Waals surface area (Å²) in [6.07, 6.45) is 1.65. The van der Waals surface area contributed by atoms with E-state index >= 15 is 0 Å². The second kappa shape index (κ2) is 8.75. The Balaban J connectivity index is 1.97. The number of nitrogens with one attached hydrogen (secondary N) is 1. The Bertz CT molecular complexity index is 1350. The largest absolute Gasteiger partial charge is 0.394 e. The van der Waals surface area contributed by atoms with Gasteiger partial charge in [-0.25, -0.2) is 14.5 Å². The topological polar surface area (TPSA) is 116 Å². The van der Waals surface area contributed by atoms with E-state index < -0.39 is 11.9 Å². The highest BCUT2D eigenvalue weighted by Crippen LogP contribution is 2.35. The molecule has 8 nitrogen and oxygen atoms in total. The summed E-state index contributed by atoms with van der Waals surface area (Å²) >= 11 is 6.23. The molecule has 0 radical (unpaired) electrons. The molecule has 2 N–H and O–H groups in total. The highest BCUT2D eigenvalue weighted by atomic mass is 35.5. The van der Waals surface area contributed by atoms with E-state index in [1.165, 1.54) is 0 Å². The normalized spacial score (nSPS) is 11.8. The van der Waals surface area contributed by atoms with E-state index in [0.717, 1.165) is 11.1 Å². The number of aliphatic hydroxyl groups is 1. The maximum Gasteiger partial charge on any atom is 0.270 e. The summed E-state index contributed by atoms with van der Waals surface area (Å²) in [7, 11) is 0. The van der Waals surface area contributed by atoms with Gasteiger partial charge in [0.05, 0.1) is 23.8 Å². The van der Waals surface area contributed by atoms with Gasteiger partial charge in [0.2, 0.25) is 0 Å². The predicted octanol–water partition coefficient (Wildman–Crippen LogP) is 3.40. The molecule has 1 atom stereocenters. The highest BCUT2D eigenvalue weighted by molar-refractivity contribution is 6.29. The number of aliphatic hydroxyl groups excluding tert-OH is 1. The quantitative estimate of drug-likeness (QED) is 0.454. The molecule has 3 aromatic heterocycles. The molecule has 0 saturated heterocycles. The van der Waals surface area contributed by atoms with E-state index in [-0.39, 0.29) is 12.3 Å². The predicted molar refractivity (Wildman–Crippen MR) is 120 cm³/mol. The number of halogens is 1. The first-order valence-electron chi connectivity index (χ1n) is 9.86. The van der Waals surface area contributed by atoms with Crippen molar-refractivity contribution in [3.05, 3.63) is 70.8 Å². The standard InChI is InChI=1S/C23H19ClN6O2/c1-13-8-17(10-19(24)26-13)20-21(16-5-3-4-15(9-16)11-25)29-30-7-6-18(28-22(20)30)23(32)27-14(2)12-31/h3-10,14,31H,12H2,1-2H3,(H,27,32). The third kappa shape index (κ3) is 4.17. The zero-order chi connectivity index (χ0) is 22.8. The van der Waals surface area contributed by atoms with E-state index in [2.05, 4.69) is 26.5 Å². The maximum absolute atomic E-state index is 12.6. The van der Waals surface area contributed by atoms with Gasteiger partial charge in [-0.15, -0.1) is 0 Å². The molecule has 32 heavy (non-hydrogen) atoms. The van der Waals surface area contributed by atoms with Crippen LogP contribution in [0.5, 0.6) is 0 Å². The number of nitriles is 1. The molecule has 1 amide bonds. The highest BCUT2D eigenvalue weighted by Gasteiger charge is 2.21. The molecule has 0 spiro atoms. The number of carbonyl (C=O) groups excluding carboxylic acids is 1. The van der Waals surface area contributed by atoms with Crippen molar-refractivity contribution in [3.63, 3.8) is 0 Å². The third-order valence-electron chi connectivity index (χ3n) is 4.85. The van der Waals surface area contributed by atoms with Crippen molar-refractivity contribution in [2.75, 3.05) is 6.61 Å². The number of hydrogen-bond acceptors (Lipinski definition) is 6. The van der Waals surface area contributed by atoms with Gasteiger partial charge in [0.1, 0.15) is 16.5 Å². The number of nitrogens with zero attached hydrogens (tertiary/aromatic N) is 5. The molecule has 4 aromatic rings. The molecule has 0 bridgehead atoms. The number of aryl methyl sites for hydroxylation is 1. The molecule has 3 heterocycles. The molecule has 0 aliphatic heterocycles. The van der Waals surface area contributed by atoms with Gasteiger partial charge in [-0.2, -0.15) is 10.4 Å². The molecule has 9 heteroatoms. The lowest BCUT2D eigenvalue weighted by atomic mass is 10.00. The maximum atomic E-state index is 12.6. The minimum atomic E-state index is -0.407. The van der Waals surface area contributed by atoms with E-state index in [0.29, 0.717) is 33.3 Å². The van der Waals surface area contributed by atoms with Gasteiger partial charge in [0.25, 0.3) is 5.91 Å². The van der Waals surface area contributed by atoms with Gasteiger partial charge in [0, 0.05) is 23.5 Å². The van der Waals surface area contributed by atoms with Crippen LogP contribution < -0.4 is 5.32 Å². The van der Waals surface area contributed by atoms with Crippen LogP contribution in [0.1, 0.15) is 28.7 Å². The molecule has 1 unspecified atom stereocenters. The SMILES string of the molecule is Cc1cc(-c2c(-c3cccc(C#N)c3)nn3ccc(C(=O)NC(C)CO)nc23)cc(Cl)n1. The molecular weight excluding hydrogens is 428 g/mol. The van der Waals surface area contributed by atoms with Crippen molar-refractivity contribution in [3.8, 4) is 28.5 Å². The summed E-state index contributed by atoms with van der Waals surface area (Å²) in [5, 5.41) is 26.2. The summed E-state index contributed by atoms with van der Waals surface area (Å²) < 4.78 is 1.58. The second-order valence-corrected chi connectivity index (χ2v) is 7.76. The van der Waals surface area contributed by atoms with E-state index in [1.54, 1.807) is 48.0 Å². The van der Waals surface area contributed by atoms with Gasteiger partial charge in [-0.1, -0.05) is 23.7 Å². The lowest BCUT2D eigenvalue weighted by molar-refractivity contribution is 0.0917. The van der Waals surface area contributed by atoms with Crippen molar-refractivity contribution in [1.29, 1.82) is 5.26 Å². The van der Waals surface area contributed by atoms with Crippen LogP contribution in [-0.4, -0.2) is 43.2 Å². The molecule has 0 aliphatic carbocycles. The average molecular weight is 447 g/mol. The molecular formula is C23H19ClN6O2. The number of pyridine rings is 1. The summed E-state index contributed by atoms with van der Waals surface area (Å²) in [6.45, 7) is 3.35. The van der Waals surface area contributed by atoms with Crippen molar-refractivity contribution in [2.45, 2.75) is 19.9 Å². The average Bonchev–Trinajstić information content (AvgIpc) is 3.17. The Labute approximate surface area is 189 Å². The van der Waals surface area contributed by atoms with Gasteiger partial charge in [-0.3, -0.25) is 4.79 Å². The summed E-state index contributed by atoms with van der Waals surface area (Å²) in [5.74, 6) is -0.404. The number of aromatic nitrogens is 4. The number of hydrogen-bond donors (Lipinski definition) is 2. The van der Waals surface area contributed by atoms with E-state index in [4.69, 9.17) is 11.6 Å². The van der Waals surface area contributed by atoms with Gasteiger partial charge in [-0.05, 0) is 49.7 Å². The van der Waals surface area contributed by atoms with Crippen LogP contribution in [0.25, 0.3) is 28.0 Å². The zero-order valence-corrected chi connectivity index (χ0v) is 18.1. The minimum absolute atomic E-state index is 0.180. The lowest BCUT2D eigenvalue weighted by Gasteiger charge is -2.10. The minimum Gasteiger partial charge on any atom is -0.394 e. The molecule has 0 saturated carbocycles. The van der Waals surface area contributed by atoms with Crippen LogP contribution in [0.4, 0.5) is 0 Å². The third-order valence-corrected chi connectivity index (χ3v) is 5.04. The first-order valence-corrected chi connectivity index (χ1v) is 10.2. The van der Waals surface area contributed by atoms with E-state index in [9.17, 15) is 15.2 Å². The van der Waals surface area contributed by atoms with Crippen LogP contribution in [0.15, 0.2) is 48.7 Å². The van der Waals surface area contributed by atoms with Crippen molar-refractivity contribution >= 4 is 23.2 Å². The Morgan fingerprint density at radius 1 is 1.25 bits per heavy atom. The second-order valence-electron chi connectivity index (χ2n) is 7.37. The van der Waals surface area contributed by atoms with Crippen LogP contribution in [0.2, 0.25) is 5.15 Å². The molecule has 0 aliphatic rings. The number of amides is 1. The van der Waals surface area contributed by atoms with Gasteiger partial charge in [0.15, 0.2) is 5.65 Å². The van der Waals surface area contributed by atoms with Gasteiger partial charge >= 0.3 is 0 Å². The fourth-order valence-electron chi connectivity index (χ4n) is 3.38. The Hall–Kier alpha value is -3.80. The van der Waals surface area contributed by atoms with Crippen LogP contribution in [0.3, 0.4) is 0 Å². The van der Waals surface area contributed by atoms with Crippen molar-refractivity contribution in [1.82, 2.24) is 24.9 Å². The molecule has 4 rings (SSSR count). The summed E-state index contributed by atoms with van der Waals surface area (Å²) in [5.41, 5.74) is 4.59. The molecule has 160 valence electrons. The van der Waals surface area contributed by atoms with Crippen LogP contribution in [0, 0.1) is 18.3 Å². The fraction of sp³-hybridized carbons (Fsp3) is 0.174. The Morgan fingerprint density at radius 2 is 2.06 bits per heavy atom. The number of carbonyl (C=O) groups is 1. The van der Waals surface area contributed by atoms with Crippen molar-refractivity contribution < 1.29 is 9.90 Å². The monoisotopic (exact) mass is 446 g/mol. The smallest absolute Gasteiger partial charge is 0.270 e. The molecule has 0 fully saturated rings. The summed E-state index contributed by atoms with van der Waals surface area (Å²) in [4.78, 5) is 21.4. The lowest BCUT2D eigenvalue weighted by Crippen LogP contribution is -2.35. The van der Waals surface area contributed by atoms with Gasteiger partial charge < -0.3 is 10.4 Å². The number of rotatable bonds is 5. The first-order chi connectivity index (χ1) is 15.4. The Morgan fingerprint density at radius 3 is 2.78 bits per heavy atom. The summed E-state index contributed by atoms with van der Waals surface area (Å²) in [6, 6.07) is 14.0. The fourth-order valence-corrected chi connectivity index (χ4v) is 3.63. The first kappa shape index (κ1) is 21.4. The zero-order valence-electron chi connectivity index (χ0n) is 17.4. The van der Waals surface area contributed by atoms with Crippen LogP contribution in [-0.2, 0) is 0 Å². The van der Waals surface area contributed by atoms with E-state index in [1.807, 2.05) is 19.1 Å². The Kier molecular flexibility index (Phi) is 5.86.